The Hall–Kier alpha value is -1.92. The number of hydrogen-bond donors (Lipinski definition) is 0. The second-order valence-corrected chi connectivity index (χ2v) is 6.51. The molecule has 0 spiro atoms. The normalized spacial score (nSPS) is 15.7. The van der Waals surface area contributed by atoms with Gasteiger partial charge < -0.3 is 9.42 Å². The van der Waals surface area contributed by atoms with E-state index < -0.39 is 0 Å². The number of aromatic nitrogens is 2. The van der Waals surface area contributed by atoms with Gasteiger partial charge in [0.15, 0.2) is 0 Å². The predicted molar refractivity (Wildman–Crippen MR) is 90.8 cm³/mol. The van der Waals surface area contributed by atoms with E-state index >= 15 is 0 Å². The number of halogens is 1. The lowest BCUT2D eigenvalue weighted by atomic mass is 10.1. The zero-order chi connectivity index (χ0) is 17.1. The number of rotatable bonds is 4. The zero-order valence-corrected chi connectivity index (χ0v) is 14.7. The average Bonchev–Trinajstić information content (AvgIpc) is 2.89. The molecule has 0 N–H and O–H groups in total. The van der Waals surface area contributed by atoms with Crippen molar-refractivity contribution in [2.45, 2.75) is 26.8 Å². The maximum absolute atomic E-state index is 12.5. The fourth-order valence-electron chi connectivity index (χ4n) is 2.95. The van der Waals surface area contributed by atoms with Gasteiger partial charge in [-0.2, -0.15) is 0 Å². The number of pyridine rings is 1. The van der Waals surface area contributed by atoms with Gasteiger partial charge in [-0.3, -0.25) is 14.7 Å². The summed E-state index contributed by atoms with van der Waals surface area (Å²) in [5.74, 6) is 0.859. The van der Waals surface area contributed by atoms with E-state index in [-0.39, 0.29) is 5.91 Å². The van der Waals surface area contributed by atoms with Crippen LogP contribution in [-0.4, -0.2) is 52.0 Å². The van der Waals surface area contributed by atoms with Gasteiger partial charge in [0.05, 0.1) is 17.1 Å². The minimum atomic E-state index is 0.131. The number of carbonyl (C=O) groups excluding carboxylic acids is 1. The molecule has 0 aromatic carbocycles. The molecule has 6 nitrogen and oxygen atoms in total. The molecule has 0 bridgehead atoms. The van der Waals surface area contributed by atoms with Gasteiger partial charge in [-0.1, -0.05) is 16.8 Å². The third kappa shape index (κ3) is 3.76. The first-order valence-corrected chi connectivity index (χ1v) is 8.42. The van der Waals surface area contributed by atoms with E-state index in [4.69, 9.17) is 16.1 Å². The highest BCUT2D eigenvalue weighted by Crippen LogP contribution is 2.18. The van der Waals surface area contributed by atoms with Crippen molar-refractivity contribution in [1.82, 2.24) is 19.9 Å². The molecule has 1 amide bonds. The largest absolute Gasteiger partial charge is 0.361 e. The second kappa shape index (κ2) is 7.32. The standard InChI is InChI=1S/C17H21ClN4O2/c1-12-15(13(2)24-20-12)9-17(23)22-7-5-21(6-8-22)11-14-3-4-19-10-16(14)18/h3-4,10H,5-9,11H2,1-2H3. The Morgan fingerprint density at radius 1 is 1.29 bits per heavy atom. The molecule has 2 aromatic rings. The van der Waals surface area contributed by atoms with Crippen molar-refractivity contribution in [1.29, 1.82) is 0 Å². The SMILES string of the molecule is Cc1noc(C)c1CC(=O)N1CCN(Cc2ccncc2Cl)CC1. The zero-order valence-electron chi connectivity index (χ0n) is 14.0. The van der Waals surface area contributed by atoms with E-state index in [1.165, 1.54) is 0 Å². The van der Waals surface area contributed by atoms with Crippen LogP contribution in [0.3, 0.4) is 0 Å². The van der Waals surface area contributed by atoms with E-state index in [0.717, 1.165) is 55.3 Å². The number of aryl methyl sites for hydroxylation is 2. The molecule has 0 saturated carbocycles. The Morgan fingerprint density at radius 2 is 2.04 bits per heavy atom. The lowest BCUT2D eigenvalue weighted by Gasteiger charge is -2.35. The highest BCUT2D eigenvalue weighted by atomic mass is 35.5. The Kier molecular flexibility index (Phi) is 5.16. The first-order valence-electron chi connectivity index (χ1n) is 8.05. The summed E-state index contributed by atoms with van der Waals surface area (Å²) in [6, 6.07) is 1.94. The van der Waals surface area contributed by atoms with Crippen LogP contribution in [-0.2, 0) is 17.8 Å². The number of nitrogens with zero attached hydrogens (tertiary/aromatic N) is 4. The summed E-state index contributed by atoms with van der Waals surface area (Å²) in [7, 11) is 0. The Morgan fingerprint density at radius 3 is 2.67 bits per heavy atom. The van der Waals surface area contributed by atoms with Crippen LogP contribution in [0.5, 0.6) is 0 Å². The second-order valence-electron chi connectivity index (χ2n) is 6.10. The lowest BCUT2D eigenvalue weighted by molar-refractivity contribution is -0.132. The minimum absolute atomic E-state index is 0.131. The molecule has 1 aliphatic rings. The van der Waals surface area contributed by atoms with Crippen LogP contribution in [0.2, 0.25) is 5.02 Å². The van der Waals surface area contributed by atoms with Crippen molar-refractivity contribution in [3.8, 4) is 0 Å². The van der Waals surface area contributed by atoms with E-state index in [1.807, 2.05) is 24.8 Å². The molecule has 24 heavy (non-hydrogen) atoms. The summed E-state index contributed by atoms with van der Waals surface area (Å²) >= 11 is 6.16. The molecule has 128 valence electrons. The third-order valence-electron chi connectivity index (χ3n) is 4.48. The van der Waals surface area contributed by atoms with Gasteiger partial charge in [0, 0.05) is 50.7 Å². The molecule has 0 atom stereocenters. The minimum Gasteiger partial charge on any atom is -0.361 e. The Bertz CT molecular complexity index is 704. The number of piperazine rings is 1. The summed E-state index contributed by atoms with van der Waals surface area (Å²) in [5, 5.41) is 4.60. The average molecular weight is 349 g/mol. The third-order valence-corrected chi connectivity index (χ3v) is 4.82. The van der Waals surface area contributed by atoms with Crippen molar-refractivity contribution < 1.29 is 9.32 Å². The van der Waals surface area contributed by atoms with Gasteiger partial charge in [0.25, 0.3) is 0 Å². The van der Waals surface area contributed by atoms with Gasteiger partial charge in [-0.25, -0.2) is 0 Å². The van der Waals surface area contributed by atoms with Crippen molar-refractivity contribution in [2.75, 3.05) is 26.2 Å². The first-order chi connectivity index (χ1) is 11.5. The van der Waals surface area contributed by atoms with Gasteiger partial charge in [-0.05, 0) is 25.5 Å². The van der Waals surface area contributed by atoms with Gasteiger partial charge in [0.2, 0.25) is 5.91 Å². The molecule has 7 heteroatoms. The van der Waals surface area contributed by atoms with Crippen LogP contribution in [0.4, 0.5) is 0 Å². The molecular weight excluding hydrogens is 328 g/mol. The highest BCUT2D eigenvalue weighted by Gasteiger charge is 2.23. The van der Waals surface area contributed by atoms with Crippen molar-refractivity contribution >= 4 is 17.5 Å². The Labute approximate surface area is 146 Å². The van der Waals surface area contributed by atoms with Crippen LogP contribution in [0.1, 0.15) is 22.6 Å². The molecule has 1 saturated heterocycles. The summed E-state index contributed by atoms with van der Waals surface area (Å²) in [6.45, 7) is 7.63. The molecule has 3 heterocycles. The van der Waals surface area contributed by atoms with E-state index in [2.05, 4.69) is 15.0 Å². The van der Waals surface area contributed by atoms with Gasteiger partial charge in [0.1, 0.15) is 5.76 Å². The van der Waals surface area contributed by atoms with Crippen LogP contribution in [0, 0.1) is 13.8 Å². The van der Waals surface area contributed by atoms with Crippen LogP contribution < -0.4 is 0 Å². The molecule has 1 aliphatic heterocycles. The van der Waals surface area contributed by atoms with Gasteiger partial charge >= 0.3 is 0 Å². The highest BCUT2D eigenvalue weighted by molar-refractivity contribution is 6.31. The molecule has 3 rings (SSSR count). The maximum atomic E-state index is 12.5. The van der Waals surface area contributed by atoms with Crippen molar-refractivity contribution in [3.63, 3.8) is 0 Å². The first kappa shape index (κ1) is 16.9. The van der Waals surface area contributed by atoms with Crippen LogP contribution >= 0.6 is 11.6 Å². The van der Waals surface area contributed by atoms with E-state index in [1.54, 1.807) is 12.4 Å². The lowest BCUT2D eigenvalue weighted by Crippen LogP contribution is -2.48. The smallest absolute Gasteiger partial charge is 0.227 e. The molecule has 0 aliphatic carbocycles. The fourth-order valence-corrected chi connectivity index (χ4v) is 3.12. The van der Waals surface area contributed by atoms with Crippen LogP contribution in [0.15, 0.2) is 23.0 Å². The summed E-state index contributed by atoms with van der Waals surface area (Å²) < 4.78 is 5.13. The molecule has 1 fully saturated rings. The summed E-state index contributed by atoms with van der Waals surface area (Å²) in [5.41, 5.74) is 2.78. The summed E-state index contributed by atoms with van der Waals surface area (Å²) in [4.78, 5) is 20.7. The quantitative estimate of drug-likeness (QED) is 0.847. The monoisotopic (exact) mass is 348 g/mol. The number of carbonyl (C=O) groups is 1. The summed E-state index contributed by atoms with van der Waals surface area (Å²) in [6.07, 6.45) is 3.78. The van der Waals surface area contributed by atoms with E-state index in [9.17, 15) is 4.79 Å². The van der Waals surface area contributed by atoms with Crippen molar-refractivity contribution in [2.24, 2.45) is 0 Å². The fraction of sp³-hybridized carbons (Fsp3) is 0.471. The number of hydrogen-bond acceptors (Lipinski definition) is 5. The molecule has 0 radical (unpaired) electrons. The van der Waals surface area contributed by atoms with Crippen molar-refractivity contribution in [3.05, 3.63) is 46.1 Å². The van der Waals surface area contributed by atoms with Crippen LogP contribution in [0.25, 0.3) is 0 Å². The molecular formula is C17H21ClN4O2. The topological polar surface area (TPSA) is 62.5 Å². The maximum Gasteiger partial charge on any atom is 0.227 e. The molecule has 2 aromatic heterocycles. The number of amides is 1. The molecule has 0 unspecified atom stereocenters. The van der Waals surface area contributed by atoms with Gasteiger partial charge in [-0.15, -0.1) is 0 Å². The Balaban J connectivity index is 1.53. The van der Waals surface area contributed by atoms with E-state index in [0.29, 0.717) is 11.4 Å². The predicted octanol–water partition coefficient (Wildman–Crippen LogP) is 2.23.